The molecule has 84 valence electrons. The van der Waals surface area contributed by atoms with Crippen LogP contribution in [0.5, 0.6) is 0 Å². The van der Waals surface area contributed by atoms with Gasteiger partial charge in [0.1, 0.15) is 0 Å². The highest BCUT2D eigenvalue weighted by atomic mass is 16.3. The fraction of sp³-hybridized carbons (Fsp3) is 1.00. The van der Waals surface area contributed by atoms with Crippen molar-refractivity contribution in [1.82, 2.24) is 4.90 Å². The molecule has 2 heteroatoms. The van der Waals surface area contributed by atoms with Gasteiger partial charge in [0.25, 0.3) is 0 Å². The Hall–Kier alpha value is -0.0800. The highest BCUT2D eigenvalue weighted by Gasteiger charge is 2.34. The monoisotopic (exact) mass is 199 g/mol. The van der Waals surface area contributed by atoms with E-state index in [2.05, 4.69) is 32.6 Å². The molecule has 1 N–H and O–H groups in total. The fourth-order valence-corrected chi connectivity index (χ4v) is 2.07. The Morgan fingerprint density at radius 3 is 2.36 bits per heavy atom. The van der Waals surface area contributed by atoms with Crippen molar-refractivity contribution in [3.63, 3.8) is 0 Å². The maximum absolute atomic E-state index is 9.64. The van der Waals surface area contributed by atoms with Gasteiger partial charge in [0, 0.05) is 18.5 Å². The van der Waals surface area contributed by atoms with Crippen LogP contribution in [0.2, 0.25) is 0 Å². The van der Waals surface area contributed by atoms with Crippen LogP contribution >= 0.6 is 0 Å². The molecule has 2 nitrogen and oxygen atoms in total. The van der Waals surface area contributed by atoms with Crippen molar-refractivity contribution in [2.75, 3.05) is 19.6 Å². The first-order chi connectivity index (χ1) is 6.23. The minimum absolute atomic E-state index is 0.0143. The van der Waals surface area contributed by atoms with Gasteiger partial charge in [-0.2, -0.15) is 0 Å². The largest absolute Gasteiger partial charge is 0.393 e. The van der Waals surface area contributed by atoms with Crippen molar-refractivity contribution in [3.8, 4) is 0 Å². The van der Waals surface area contributed by atoms with Crippen molar-refractivity contribution in [2.24, 2.45) is 10.8 Å². The Kier molecular flexibility index (Phi) is 3.27. The zero-order valence-corrected chi connectivity index (χ0v) is 10.3. The third kappa shape index (κ3) is 2.96. The third-order valence-corrected chi connectivity index (χ3v) is 3.52. The Labute approximate surface area is 88.3 Å². The summed E-state index contributed by atoms with van der Waals surface area (Å²) < 4.78 is 0. The lowest BCUT2D eigenvalue weighted by Crippen LogP contribution is -2.39. The normalized spacial score (nSPS) is 25.3. The molecule has 0 spiro atoms. The summed E-state index contributed by atoms with van der Waals surface area (Å²) in [4.78, 5) is 2.48. The van der Waals surface area contributed by atoms with Crippen LogP contribution in [-0.2, 0) is 0 Å². The van der Waals surface area contributed by atoms with E-state index in [9.17, 15) is 5.11 Å². The summed E-state index contributed by atoms with van der Waals surface area (Å²) in [5.74, 6) is 0. The van der Waals surface area contributed by atoms with Gasteiger partial charge >= 0.3 is 0 Å². The van der Waals surface area contributed by atoms with Crippen molar-refractivity contribution in [1.29, 1.82) is 0 Å². The molecule has 1 fully saturated rings. The topological polar surface area (TPSA) is 23.5 Å². The van der Waals surface area contributed by atoms with Gasteiger partial charge in [-0.25, -0.2) is 0 Å². The van der Waals surface area contributed by atoms with Crippen molar-refractivity contribution in [3.05, 3.63) is 0 Å². The van der Waals surface area contributed by atoms with Crippen molar-refractivity contribution >= 4 is 0 Å². The van der Waals surface area contributed by atoms with Crippen molar-refractivity contribution in [2.45, 2.75) is 47.1 Å². The number of aliphatic hydroxyl groups excluding tert-OH is 1. The average molecular weight is 199 g/mol. The molecule has 0 aromatic carbocycles. The molecular formula is C12H25NO. The fourth-order valence-electron chi connectivity index (χ4n) is 2.07. The van der Waals surface area contributed by atoms with E-state index < -0.39 is 0 Å². The van der Waals surface area contributed by atoms with E-state index in [0.717, 1.165) is 6.54 Å². The number of rotatable bonds is 3. The molecule has 1 aliphatic heterocycles. The van der Waals surface area contributed by atoms with Gasteiger partial charge in [0.2, 0.25) is 0 Å². The molecule has 1 rings (SSSR count). The summed E-state index contributed by atoms with van der Waals surface area (Å²) in [6.07, 6.45) is 1.05. The lowest BCUT2D eigenvalue weighted by molar-refractivity contribution is 0.0382. The molecule has 1 heterocycles. The Morgan fingerprint density at radius 1 is 1.43 bits per heavy atom. The summed E-state index contributed by atoms with van der Waals surface area (Å²) in [6.45, 7) is 14.2. The number of hydrogen-bond acceptors (Lipinski definition) is 2. The van der Waals surface area contributed by atoms with Crippen LogP contribution < -0.4 is 0 Å². The van der Waals surface area contributed by atoms with Gasteiger partial charge in [0.05, 0.1) is 6.10 Å². The molecule has 0 amide bonds. The molecule has 1 unspecified atom stereocenters. The zero-order chi connectivity index (χ0) is 11.0. The quantitative estimate of drug-likeness (QED) is 0.752. The second kappa shape index (κ2) is 3.82. The predicted molar refractivity (Wildman–Crippen MR) is 60.3 cm³/mol. The Bertz CT molecular complexity index is 196. The van der Waals surface area contributed by atoms with Crippen LogP contribution in [0.4, 0.5) is 0 Å². The lowest BCUT2D eigenvalue weighted by atomic mass is 9.87. The SMILES string of the molecule is CC(O)C(C)(C)CN1CCC(C)(C)C1. The first kappa shape index (κ1) is 12.0. The van der Waals surface area contributed by atoms with E-state index in [4.69, 9.17) is 0 Å². The first-order valence-electron chi connectivity index (χ1n) is 5.63. The zero-order valence-electron chi connectivity index (χ0n) is 10.3. The van der Waals surface area contributed by atoms with E-state index in [1.807, 2.05) is 6.92 Å². The van der Waals surface area contributed by atoms with E-state index in [-0.39, 0.29) is 11.5 Å². The molecule has 14 heavy (non-hydrogen) atoms. The van der Waals surface area contributed by atoms with Gasteiger partial charge < -0.3 is 10.0 Å². The van der Waals surface area contributed by atoms with E-state index >= 15 is 0 Å². The number of likely N-dealkylation sites (tertiary alicyclic amines) is 1. The summed E-state index contributed by atoms with van der Waals surface area (Å²) >= 11 is 0. The van der Waals surface area contributed by atoms with Crippen LogP contribution in [-0.4, -0.2) is 35.7 Å². The summed E-state index contributed by atoms with van der Waals surface area (Å²) in [5, 5.41) is 9.64. The molecule has 0 aromatic heterocycles. The Morgan fingerprint density at radius 2 is 2.00 bits per heavy atom. The van der Waals surface area contributed by atoms with Crippen LogP contribution in [0.3, 0.4) is 0 Å². The molecule has 0 saturated carbocycles. The third-order valence-electron chi connectivity index (χ3n) is 3.52. The highest BCUT2D eigenvalue weighted by molar-refractivity contribution is 4.87. The maximum atomic E-state index is 9.64. The average Bonchev–Trinajstić information content (AvgIpc) is 2.28. The molecule has 0 aliphatic carbocycles. The van der Waals surface area contributed by atoms with E-state index in [1.165, 1.54) is 19.5 Å². The van der Waals surface area contributed by atoms with Gasteiger partial charge in [-0.05, 0) is 25.3 Å². The lowest BCUT2D eigenvalue weighted by Gasteiger charge is -2.33. The summed E-state index contributed by atoms with van der Waals surface area (Å²) in [5.41, 5.74) is 0.481. The molecule has 0 bridgehead atoms. The van der Waals surface area contributed by atoms with Gasteiger partial charge in [-0.1, -0.05) is 27.7 Å². The molecule has 1 aliphatic rings. The van der Waals surface area contributed by atoms with E-state index in [0.29, 0.717) is 5.41 Å². The van der Waals surface area contributed by atoms with Crippen LogP contribution in [0.1, 0.15) is 41.0 Å². The second-order valence-corrected chi connectivity index (χ2v) is 6.29. The van der Waals surface area contributed by atoms with Crippen LogP contribution in [0.25, 0.3) is 0 Å². The smallest absolute Gasteiger partial charge is 0.0575 e. The minimum Gasteiger partial charge on any atom is -0.393 e. The molecule has 0 radical (unpaired) electrons. The second-order valence-electron chi connectivity index (χ2n) is 6.29. The first-order valence-corrected chi connectivity index (χ1v) is 5.63. The molecule has 1 atom stereocenters. The van der Waals surface area contributed by atoms with Crippen LogP contribution in [0.15, 0.2) is 0 Å². The van der Waals surface area contributed by atoms with Crippen LogP contribution in [0, 0.1) is 10.8 Å². The minimum atomic E-state index is -0.230. The molecular weight excluding hydrogens is 174 g/mol. The van der Waals surface area contributed by atoms with E-state index in [1.54, 1.807) is 0 Å². The van der Waals surface area contributed by atoms with Gasteiger partial charge in [-0.3, -0.25) is 0 Å². The van der Waals surface area contributed by atoms with Crippen molar-refractivity contribution < 1.29 is 5.11 Å². The standard InChI is InChI=1S/C12H25NO/c1-10(14)12(4,5)9-13-7-6-11(2,3)8-13/h10,14H,6-9H2,1-5H3. The van der Waals surface area contributed by atoms with Gasteiger partial charge in [-0.15, -0.1) is 0 Å². The van der Waals surface area contributed by atoms with Gasteiger partial charge in [0.15, 0.2) is 0 Å². The summed E-state index contributed by atoms with van der Waals surface area (Å²) in [6, 6.07) is 0. The Balaban J connectivity index is 2.47. The molecule has 1 saturated heterocycles. The number of nitrogens with zero attached hydrogens (tertiary/aromatic N) is 1. The molecule has 0 aromatic rings. The maximum Gasteiger partial charge on any atom is 0.0575 e. The number of aliphatic hydroxyl groups is 1. The predicted octanol–water partition coefficient (Wildman–Crippen LogP) is 2.13. The number of hydrogen-bond donors (Lipinski definition) is 1. The highest BCUT2D eigenvalue weighted by Crippen LogP contribution is 2.32. The summed E-state index contributed by atoms with van der Waals surface area (Å²) in [7, 11) is 0.